The van der Waals surface area contributed by atoms with Crippen molar-refractivity contribution in [2.45, 2.75) is 6.92 Å². The molecule has 2 heterocycles. The minimum atomic E-state index is -0.560. The smallest absolute Gasteiger partial charge is 0.360 e. The van der Waals surface area contributed by atoms with E-state index >= 15 is 0 Å². The highest BCUT2D eigenvalue weighted by atomic mass is 16.5. The minimum Gasteiger partial charge on any atom is -0.464 e. The van der Waals surface area contributed by atoms with Gasteiger partial charge in [0.1, 0.15) is 12.1 Å². The maximum atomic E-state index is 11.6. The number of carbonyl (C=O) groups excluding carboxylic acids is 1. The molecule has 0 aliphatic heterocycles. The van der Waals surface area contributed by atoms with Crippen molar-refractivity contribution in [3.8, 4) is 5.69 Å². The zero-order chi connectivity index (χ0) is 15.0. The highest BCUT2D eigenvalue weighted by Gasteiger charge is 2.18. The summed E-state index contributed by atoms with van der Waals surface area (Å²) in [7, 11) is 1.30. The van der Waals surface area contributed by atoms with E-state index in [0.717, 1.165) is 22.3 Å². The third-order valence-corrected chi connectivity index (χ3v) is 3.28. The number of ether oxygens (including phenoxy) is 1. The summed E-state index contributed by atoms with van der Waals surface area (Å²) in [5.74, 6) is -0.326. The lowest BCUT2D eigenvalue weighted by atomic mass is 10.1. The number of anilines is 1. The van der Waals surface area contributed by atoms with Gasteiger partial charge in [-0.15, -0.1) is 0 Å². The first-order valence-electron chi connectivity index (χ1n) is 6.39. The van der Waals surface area contributed by atoms with E-state index in [1.165, 1.54) is 13.4 Å². The van der Waals surface area contributed by atoms with Crippen LogP contribution in [0.25, 0.3) is 16.6 Å². The van der Waals surface area contributed by atoms with Crippen LogP contribution in [0, 0.1) is 6.92 Å². The third-order valence-electron chi connectivity index (χ3n) is 3.28. The number of benzene rings is 1. The first kappa shape index (κ1) is 13.1. The molecular formula is C15H14N4O2. The second-order valence-corrected chi connectivity index (χ2v) is 4.64. The molecule has 6 nitrogen and oxygen atoms in total. The van der Waals surface area contributed by atoms with E-state index < -0.39 is 5.97 Å². The van der Waals surface area contributed by atoms with Gasteiger partial charge in [-0.05, 0) is 19.1 Å². The maximum Gasteiger partial charge on any atom is 0.360 e. The molecule has 0 spiro atoms. The number of imidazole rings is 1. The van der Waals surface area contributed by atoms with Crippen molar-refractivity contribution >= 4 is 22.7 Å². The summed E-state index contributed by atoms with van der Waals surface area (Å²) in [4.78, 5) is 20.2. The van der Waals surface area contributed by atoms with Gasteiger partial charge in [0.15, 0.2) is 5.69 Å². The Kier molecular flexibility index (Phi) is 3.06. The summed E-state index contributed by atoms with van der Waals surface area (Å²) in [5, 5.41) is 0.991. The van der Waals surface area contributed by atoms with Crippen molar-refractivity contribution in [1.29, 1.82) is 0 Å². The monoisotopic (exact) mass is 282 g/mol. The van der Waals surface area contributed by atoms with Crippen LogP contribution in [0.4, 0.5) is 5.82 Å². The average Bonchev–Trinajstić information content (AvgIpc) is 2.87. The second kappa shape index (κ2) is 4.90. The summed E-state index contributed by atoms with van der Waals surface area (Å²) in [5.41, 5.74) is 8.59. The lowest BCUT2D eigenvalue weighted by molar-refractivity contribution is 0.0596. The summed E-state index contributed by atoms with van der Waals surface area (Å²) < 4.78 is 6.30. The molecule has 0 amide bonds. The summed E-state index contributed by atoms with van der Waals surface area (Å²) in [6.45, 7) is 1.92. The molecule has 3 aromatic rings. The van der Waals surface area contributed by atoms with Crippen LogP contribution in [-0.4, -0.2) is 27.6 Å². The Balaban J connectivity index is 2.24. The van der Waals surface area contributed by atoms with Crippen molar-refractivity contribution in [1.82, 2.24) is 14.5 Å². The van der Waals surface area contributed by atoms with Crippen LogP contribution in [0.3, 0.4) is 0 Å². The Morgan fingerprint density at radius 2 is 2.10 bits per heavy atom. The number of methoxy groups -OCH3 is 1. The van der Waals surface area contributed by atoms with Crippen LogP contribution in [0.1, 0.15) is 16.2 Å². The molecule has 0 bridgehead atoms. The van der Waals surface area contributed by atoms with E-state index in [1.54, 1.807) is 4.57 Å². The average molecular weight is 282 g/mol. The SMILES string of the molecule is COC(=O)c1ncn(-c2cccc3ccc(C)nc23)c1N. The molecule has 2 N–H and O–H groups in total. The first-order valence-corrected chi connectivity index (χ1v) is 6.39. The molecule has 0 aliphatic rings. The van der Waals surface area contributed by atoms with Crippen LogP contribution in [0.15, 0.2) is 36.7 Å². The predicted molar refractivity (Wildman–Crippen MR) is 79.4 cm³/mol. The van der Waals surface area contributed by atoms with Crippen molar-refractivity contribution in [2.75, 3.05) is 12.8 Å². The van der Waals surface area contributed by atoms with Crippen LogP contribution < -0.4 is 5.73 Å². The number of fused-ring (bicyclic) bond motifs is 1. The van der Waals surface area contributed by atoms with Gasteiger partial charge < -0.3 is 10.5 Å². The molecule has 6 heteroatoms. The van der Waals surface area contributed by atoms with Gasteiger partial charge in [0.2, 0.25) is 0 Å². The number of rotatable bonds is 2. The molecule has 0 saturated heterocycles. The number of aryl methyl sites for hydroxylation is 1. The van der Waals surface area contributed by atoms with Crippen LogP contribution in [0.5, 0.6) is 0 Å². The standard InChI is InChI=1S/C15H14N4O2/c1-9-6-7-10-4-3-5-11(12(10)18-9)19-8-17-13(14(19)16)15(20)21-2/h3-8H,16H2,1-2H3. The predicted octanol–water partition coefficient (Wildman–Crippen LogP) is 2.10. The quantitative estimate of drug-likeness (QED) is 0.728. The van der Waals surface area contributed by atoms with E-state index in [9.17, 15) is 4.79 Å². The summed E-state index contributed by atoms with van der Waals surface area (Å²) in [6, 6.07) is 9.71. The Hall–Kier alpha value is -2.89. The highest BCUT2D eigenvalue weighted by Crippen LogP contribution is 2.24. The molecule has 0 aliphatic carbocycles. The molecule has 0 saturated carbocycles. The lowest BCUT2D eigenvalue weighted by Crippen LogP contribution is -2.08. The Morgan fingerprint density at radius 1 is 1.29 bits per heavy atom. The van der Waals surface area contributed by atoms with Crippen molar-refractivity contribution in [2.24, 2.45) is 0 Å². The first-order chi connectivity index (χ1) is 10.1. The second-order valence-electron chi connectivity index (χ2n) is 4.64. The van der Waals surface area contributed by atoms with E-state index in [4.69, 9.17) is 5.73 Å². The molecule has 0 unspecified atom stereocenters. The largest absolute Gasteiger partial charge is 0.464 e. The maximum absolute atomic E-state index is 11.6. The molecule has 0 fully saturated rings. The van der Waals surface area contributed by atoms with Gasteiger partial charge in [-0.3, -0.25) is 9.55 Å². The fourth-order valence-corrected chi connectivity index (χ4v) is 2.23. The molecule has 1 aromatic carbocycles. The minimum absolute atomic E-state index is 0.0992. The zero-order valence-corrected chi connectivity index (χ0v) is 11.7. The van der Waals surface area contributed by atoms with Gasteiger partial charge >= 0.3 is 5.97 Å². The van der Waals surface area contributed by atoms with Crippen molar-refractivity contribution in [3.05, 3.63) is 48.0 Å². The summed E-state index contributed by atoms with van der Waals surface area (Å²) in [6.07, 6.45) is 1.50. The zero-order valence-electron chi connectivity index (χ0n) is 11.7. The number of esters is 1. The van der Waals surface area contributed by atoms with Crippen molar-refractivity contribution in [3.63, 3.8) is 0 Å². The Labute approximate surface area is 121 Å². The van der Waals surface area contributed by atoms with Gasteiger partial charge in [0, 0.05) is 11.1 Å². The van der Waals surface area contributed by atoms with Crippen LogP contribution in [0.2, 0.25) is 0 Å². The third kappa shape index (κ3) is 2.10. The van der Waals surface area contributed by atoms with Gasteiger partial charge in [-0.1, -0.05) is 18.2 Å². The van der Waals surface area contributed by atoms with E-state index in [-0.39, 0.29) is 11.5 Å². The van der Waals surface area contributed by atoms with Gasteiger partial charge in [-0.25, -0.2) is 9.78 Å². The lowest BCUT2D eigenvalue weighted by Gasteiger charge is -2.09. The molecular weight excluding hydrogens is 268 g/mol. The molecule has 3 rings (SSSR count). The molecule has 0 atom stereocenters. The van der Waals surface area contributed by atoms with E-state index in [2.05, 4.69) is 14.7 Å². The Morgan fingerprint density at radius 3 is 2.86 bits per heavy atom. The fourth-order valence-electron chi connectivity index (χ4n) is 2.23. The van der Waals surface area contributed by atoms with Gasteiger partial charge in [0.25, 0.3) is 0 Å². The Bertz CT molecular complexity index is 839. The number of aromatic nitrogens is 3. The van der Waals surface area contributed by atoms with Crippen LogP contribution in [-0.2, 0) is 4.74 Å². The molecule has 2 aromatic heterocycles. The van der Waals surface area contributed by atoms with Gasteiger partial charge in [0.05, 0.1) is 18.3 Å². The number of hydrogen-bond acceptors (Lipinski definition) is 5. The topological polar surface area (TPSA) is 83.0 Å². The normalized spacial score (nSPS) is 10.8. The van der Waals surface area contributed by atoms with E-state index in [0.29, 0.717) is 0 Å². The number of nitrogens with zero attached hydrogens (tertiary/aromatic N) is 3. The number of para-hydroxylation sites is 1. The number of nitrogen functional groups attached to an aromatic ring is 1. The number of carbonyl (C=O) groups is 1. The van der Waals surface area contributed by atoms with Crippen LogP contribution >= 0.6 is 0 Å². The summed E-state index contributed by atoms with van der Waals surface area (Å²) >= 11 is 0. The number of nitrogens with two attached hydrogens (primary N) is 1. The molecule has 21 heavy (non-hydrogen) atoms. The fraction of sp³-hybridized carbons (Fsp3) is 0.133. The van der Waals surface area contributed by atoms with Gasteiger partial charge in [-0.2, -0.15) is 0 Å². The number of hydrogen-bond donors (Lipinski definition) is 1. The van der Waals surface area contributed by atoms with E-state index in [1.807, 2.05) is 37.3 Å². The highest BCUT2D eigenvalue weighted by molar-refractivity contribution is 5.93. The molecule has 0 radical (unpaired) electrons. The van der Waals surface area contributed by atoms with Crippen molar-refractivity contribution < 1.29 is 9.53 Å². The molecule has 106 valence electrons. The number of pyridine rings is 1.